The van der Waals surface area contributed by atoms with Crippen LogP contribution in [0.4, 0.5) is 5.69 Å². The third-order valence-corrected chi connectivity index (χ3v) is 3.90. The molecule has 94 valence electrons. The number of rotatable bonds is 2. The molecule has 1 heterocycles. The van der Waals surface area contributed by atoms with Gasteiger partial charge in [-0.1, -0.05) is 29.8 Å². The van der Waals surface area contributed by atoms with Crippen molar-refractivity contribution in [3.05, 3.63) is 28.2 Å². The zero-order valence-corrected chi connectivity index (χ0v) is 12.3. The number of nitrogens with two attached hydrogens (primary N) is 1. The average Bonchev–Trinajstić information content (AvgIpc) is 2.27. The first-order valence-corrected chi connectivity index (χ1v) is 7.04. The van der Waals surface area contributed by atoms with E-state index in [0.29, 0.717) is 12.0 Å². The number of nitrogens with zero attached hydrogens (tertiary/aromatic N) is 1. The molecule has 0 saturated carbocycles. The zero-order chi connectivity index (χ0) is 12.5. The van der Waals surface area contributed by atoms with Gasteiger partial charge in [0, 0.05) is 29.8 Å². The van der Waals surface area contributed by atoms with Gasteiger partial charge in [-0.15, -0.1) is 0 Å². The number of hydrogen-bond donors (Lipinski definition) is 1. The standard InChI is InChI=1S/C14H21BrN2/c1-14(2)4-3-5-17(10-14)13-7-11(9-16)6-12(15)8-13/h6-8H,3-5,9-10,16H2,1-2H3. The van der Waals surface area contributed by atoms with Crippen LogP contribution in [0.15, 0.2) is 22.7 Å². The number of hydrogen-bond acceptors (Lipinski definition) is 2. The summed E-state index contributed by atoms with van der Waals surface area (Å²) in [6.07, 6.45) is 2.60. The van der Waals surface area contributed by atoms with Gasteiger partial charge in [-0.3, -0.25) is 0 Å². The van der Waals surface area contributed by atoms with Gasteiger partial charge < -0.3 is 10.6 Å². The van der Waals surface area contributed by atoms with E-state index in [1.165, 1.54) is 24.1 Å². The Kier molecular flexibility index (Phi) is 3.79. The first-order valence-electron chi connectivity index (χ1n) is 6.25. The highest BCUT2D eigenvalue weighted by Gasteiger charge is 2.26. The predicted octanol–water partition coefficient (Wildman–Crippen LogP) is 3.53. The third kappa shape index (κ3) is 3.23. The molecule has 0 radical (unpaired) electrons. The summed E-state index contributed by atoms with van der Waals surface area (Å²) in [4.78, 5) is 2.48. The van der Waals surface area contributed by atoms with Crippen LogP contribution in [0.1, 0.15) is 32.3 Å². The Morgan fingerprint density at radius 1 is 1.35 bits per heavy atom. The minimum Gasteiger partial charge on any atom is -0.371 e. The summed E-state index contributed by atoms with van der Waals surface area (Å²) < 4.78 is 1.12. The average molecular weight is 297 g/mol. The van der Waals surface area contributed by atoms with Crippen LogP contribution in [-0.4, -0.2) is 13.1 Å². The Morgan fingerprint density at radius 2 is 2.12 bits per heavy atom. The van der Waals surface area contributed by atoms with Gasteiger partial charge in [0.15, 0.2) is 0 Å². The molecule has 0 bridgehead atoms. The second kappa shape index (κ2) is 4.99. The van der Waals surface area contributed by atoms with E-state index in [0.717, 1.165) is 17.6 Å². The molecule has 1 saturated heterocycles. The van der Waals surface area contributed by atoms with Gasteiger partial charge in [-0.05, 0) is 42.0 Å². The first kappa shape index (κ1) is 12.9. The van der Waals surface area contributed by atoms with E-state index in [-0.39, 0.29) is 0 Å². The SMILES string of the molecule is CC1(C)CCCN(c2cc(Br)cc(CN)c2)C1. The molecule has 3 heteroatoms. The molecule has 0 aliphatic carbocycles. The largest absolute Gasteiger partial charge is 0.371 e. The van der Waals surface area contributed by atoms with E-state index in [1.54, 1.807) is 0 Å². The minimum absolute atomic E-state index is 0.420. The maximum Gasteiger partial charge on any atom is 0.0380 e. The molecule has 1 fully saturated rings. The highest BCUT2D eigenvalue weighted by Crippen LogP contribution is 2.33. The van der Waals surface area contributed by atoms with E-state index in [4.69, 9.17) is 5.73 Å². The van der Waals surface area contributed by atoms with Crippen molar-refractivity contribution in [3.8, 4) is 0 Å². The molecule has 0 spiro atoms. The zero-order valence-electron chi connectivity index (χ0n) is 10.7. The van der Waals surface area contributed by atoms with Gasteiger partial charge in [-0.2, -0.15) is 0 Å². The maximum atomic E-state index is 5.73. The Morgan fingerprint density at radius 3 is 2.76 bits per heavy atom. The summed E-state index contributed by atoms with van der Waals surface area (Å²) in [5.41, 5.74) is 8.64. The monoisotopic (exact) mass is 296 g/mol. The minimum atomic E-state index is 0.420. The van der Waals surface area contributed by atoms with Crippen LogP contribution in [0.5, 0.6) is 0 Å². The van der Waals surface area contributed by atoms with Gasteiger partial charge in [-0.25, -0.2) is 0 Å². The predicted molar refractivity (Wildman–Crippen MR) is 77.3 cm³/mol. The third-order valence-electron chi connectivity index (χ3n) is 3.44. The molecular weight excluding hydrogens is 276 g/mol. The topological polar surface area (TPSA) is 29.3 Å². The fraction of sp³-hybridized carbons (Fsp3) is 0.571. The molecule has 2 nitrogen and oxygen atoms in total. The molecule has 1 aliphatic rings. The van der Waals surface area contributed by atoms with Crippen LogP contribution in [0.3, 0.4) is 0 Å². The van der Waals surface area contributed by atoms with E-state index < -0.39 is 0 Å². The Labute approximate surface area is 112 Å². The van der Waals surface area contributed by atoms with Crippen LogP contribution >= 0.6 is 15.9 Å². The summed E-state index contributed by atoms with van der Waals surface area (Å²) in [6.45, 7) is 7.59. The van der Waals surface area contributed by atoms with Gasteiger partial charge in [0.05, 0.1) is 0 Å². The normalized spacial score (nSPS) is 19.4. The smallest absolute Gasteiger partial charge is 0.0380 e. The lowest BCUT2D eigenvalue weighted by atomic mass is 9.84. The van der Waals surface area contributed by atoms with Crippen molar-refractivity contribution in [2.45, 2.75) is 33.2 Å². The Hall–Kier alpha value is -0.540. The van der Waals surface area contributed by atoms with E-state index >= 15 is 0 Å². The van der Waals surface area contributed by atoms with Crippen molar-refractivity contribution >= 4 is 21.6 Å². The first-order chi connectivity index (χ1) is 8.00. The highest BCUT2D eigenvalue weighted by atomic mass is 79.9. The molecule has 2 N–H and O–H groups in total. The molecule has 1 aromatic rings. The van der Waals surface area contributed by atoms with Crippen LogP contribution in [0.25, 0.3) is 0 Å². The van der Waals surface area contributed by atoms with Crippen molar-refractivity contribution in [3.63, 3.8) is 0 Å². The Bertz CT molecular complexity index is 401. The number of benzene rings is 1. The fourth-order valence-corrected chi connectivity index (χ4v) is 3.11. The van der Waals surface area contributed by atoms with Gasteiger partial charge in [0.2, 0.25) is 0 Å². The molecule has 0 atom stereocenters. The fourth-order valence-electron chi connectivity index (χ4n) is 2.58. The molecule has 0 unspecified atom stereocenters. The quantitative estimate of drug-likeness (QED) is 0.904. The molecule has 1 aromatic carbocycles. The van der Waals surface area contributed by atoms with Gasteiger partial charge in [0.1, 0.15) is 0 Å². The van der Waals surface area contributed by atoms with Crippen LogP contribution < -0.4 is 10.6 Å². The second-order valence-electron chi connectivity index (χ2n) is 5.71. The van der Waals surface area contributed by atoms with Crippen molar-refractivity contribution in [1.82, 2.24) is 0 Å². The summed E-state index contributed by atoms with van der Waals surface area (Å²) in [7, 11) is 0. The van der Waals surface area contributed by atoms with E-state index in [1.807, 2.05) is 0 Å². The lowest BCUT2D eigenvalue weighted by molar-refractivity contribution is 0.293. The molecule has 17 heavy (non-hydrogen) atoms. The summed E-state index contributed by atoms with van der Waals surface area (Å²) in [6, 6.07) is 6.51. The molecular formula is C14H21BrN2. The summed E-state index contributed by atoms with van der Waals surface area (Å²) in [5.74, 6) is 0. The maximum absolute atomic E-state index is 5.73. The Balaban J connectivity index is 2.24. The van der Waals surface area contributed by atoms with Crippen molar-refractivity contribution in [2.75, 3.05) is 18.0 Å². The molecule has 0 amide bonds. The van der Waals surface area contributed by atoms with Crippen molar-refractivity contribution < 1.29 is 0 Å². The van der Waals surface area contributed by atoms with Crippen LogP contribution in [-0.2, 0) is 6.54 Å². The van der Waals surface area contributed by atoms with E-state index in [9.17, 15) is 0 Å². The lowest BCUT2D eigenvalue weighted by Gasteiger charge is -2.39. The number of anilines is 1. The number of piperidine rings is 1. The van der Waals surface area contributed by atoms with Gasteiger partial charge in [0.25, 0.3) is 0 Å². The number of halogens is 1. The molecule has 2 rings (SSSR count). The van der Waals surface area contributed by atoms with Crippen LogP contribution in [0, 0.1) is 5.41 Å². The second-order valence-corrected chi connectivity index (χ2v) is 6.63. The molecule has 1 aliphatic heterocycles. The highest BCUT2D eigenvalue weighted by molar-refractivity contribution is 9.10. The van der Waals surface area contributed by atoms with Gasteiger partial charge >= 0.3 is 0 Å². The lowest BCUT2D eigenvalue weighted by Crippen LogP contribution is -2.40. The van der Waals surface area contributed by atoms with Crippen molar-refractivity contribution in [2.24, 2.45) is 11.1 Å². The van der Waals surface area contributed by atoms with Crippen LogP contribution in [0.2, 0.25) is 0 Å². The summed E-state index contributed by atoms with van der Waals surface area (Å²) in [5, 5.41) is 0. The van der Waals surface area contributed by atoms with Crippen molar-refractivity contribution in [1.29, 1.82) is 0 Å². The van der Waals surface area contributed by atoms with E-state index in [2.05, 4.69) is 52.9 Å². The molecule has 0 aromatic heterocycles. The summed E-state index contributed by atoms with van der Waals surface area (Å²) >= 11 is 3.57.